The summed E-state index contributed by atoms with van der Waals surface area (Å²) < 4.78 is 7.06. The third-order valence-corrected chi connectivity index (χ3v) is 5.27. The molecule has 0 aromatic carbocycles. The Kier molecular flexibility index (Phi) is 4.97. The predicted molar refractivity (Wildman–Crippen MR) is 105 cm³/mol. The Labute approximate surface area is 165 Å². The van der Waals surface area contributed by atoms with Crippen LogP contribution in [0.2, 0.25) is 0 Å². The molecular formula is C20H27N7O. The molecule has 0 atom stereocenters. The molecule has 0 amide bonds. The van der Waals surface area contributed by atoms with Gasteiger partial charge >= 0.3 is 6.01 Å². The van der Waals surface area contributed by atoms with Gasteiger partial charge in [0.25, 0.3) is 0 Å². The van der Waals surface area contributed by atoms with E-state index in [1.54, 1.807) is 13.3 Å². The molecule has 1 aliphatic rings. The number of rotatable bonds is 4. The van der Waals surface area contributed by atoms with Crippen molar-refractivity contribution in [3.63, 3.8) is 0 Å². The van der Waals surface area contributed by atoms with Crippen LogP contribution in [-0.2, 0) is 12.0 Å². The Morgan fingerprint density at radius 1 is 1.11 bits per heavy atom. The summed E-state index contributed by atoms with van der Waals surface area (Å²) in [7, 11) is 1.59. The van der Waals surface area contributed by atoms with Crippen LogP contribution in [0.1, 0.15) is 56.7 Å². The number of hydrogen-bond donors (Lipinski definition) is 0. The fourth-order valence-corrected chi connectivity index (χ4v) is 3.60. The molecule has 0 bridgehead atoms. The number of piperidine rings is 1. The smallest absolute Gasteiger partial charge is 0.316 e. The molecule has 1 aliphatic heterocycles. The van der Waals surface area contributed by atoms with Gasteiger partial charge in [-0.05, 0) is 44.1 Å². The van der Waals surface area contributed by atoms with Crippen LogP contribution in [0.5, 0.6) is 6.01 Å². The molecule has 0 N–H and O–H groups in total. The molecule has 3 aromatic rings. The zero-order valence-corrected chi connectivity index (χ0v) is 17.0. The molecule has 4 rings (SSSR count). The van der Waals surface area contributed by atoms with Gasteiger partial charge in [0.05, 0.1) is 18.5 Å². The van der Waals surface area contributed by atoms with E-state index in [4.69, 9.17) is 9.84 Å². The summed E-state index contributed by atoms with van der Waals surface area (Å²) in [5, 5.41) is 13.6. The van der Waals surface area contributed by atoms with E-state index >= 15 is 0 Å². The van der Waals surface area contributed by atoms with E-state index < -0.39 is 0 Å². The monoisotopic (exact) mass is 381 g/mol. The van der Waals surface area contributed by atoms with Crippen LogP contribution in [-0.4, -0.2) is 54.9 Å². The molecule has 3 aromatic heterocycles. The summed E-state index contributed by atoms with van der Waals surface area (Å²) >= 11 is 0. The summed E-state index contributed by atoms with van der Waals surface area (Å²) in [4.78, 5) is 10.9. The van der Waals surface area contributed by atoms with Crippen molar-refractivity contribution in [2.75, 3.05) is 20.2 Å². The quantitative estimate of drug-likeness (QED) is 0.687. The van der Waals surface area contributed by atoms with E-state index in [0.717, 1.165) is 55.3 Å². The lowest BCUT2D eigenvalue weighted by Gasteiger charge is -2.30. The second kappa shape index (κ2) is 7.43. The van der Waals surface area contributed by atoms with Crippen molar-refractivity contribution in [1.82, 2.24) is 34.7 Å². The maximum absolute atomic E-state index is 5.12. The molecule has 0 spiro atoms. The van der Waals surface area contributed by atoms with Crippen molar-refractivity contribution in [2.24, 2.45) is 0 Å². The van der Waals surface area contributed by atoms with Gasteiger partial charge in [-0.2, -0.15) is 14.6 Å². The van der Waals surface area contributed by atoms with Gasteiger partial charge in [-0.1, -0.05) is 20.8 Å². The molecule has 4 heterocycles. The van der Waals surface area contributed by atoms with Crippen LogP contribution in [0.15, 0.2) is 24.4 Å². The molecule has 1 saturated heterocycles. The number of methoxy groups -OCH3 is 1. The Bertz CT molecular complexity index is 955. The molecule has 8 nitrogen and oxygen atoms in total. The van der Waals surface area contributed by atoms with Crippen LogP contribution in [0, 0.1) is 0 Å². The first kappa shape index (κ1) is 18.7. The van der Waals surface area contributed by atoms with Crippen molar-refractivity contribution in [1.29, 1.82) is 0 Å². The van der Waals surface area contributed by atoms with Gasteiger partial charge in [0.15, 0.2) is 11.5 Å². The summed E-state index contributed by atoms with van der Waals surface area (Å²) in [6.07, 6.45) is 3.81. The SMILES string of the molecule is COc1nccc(CN2CCC(c3nnc4ccc(C(C)(C)C)nn34)CC2)n1. The standard InChI is InChI=1S/C20H27N7O/c1-20(2,3)16-5-6-17-23-24-18(27(17)25-16)14-8-11-26(12-9-14)13-15-7-10-21-19(22-15)28-4/h5-7,10,14H,8-9,11-13H2,1-4H3. The van der Waals surface area contributed by atoms with Gasteiger partial charge in [-0.25, -0.2) is 4.98 Å². The summed E-state index contributed by atoms with van der Waals surface area (Å²) in [5.74, 6) is 1.35. The fraction of sp³-hybridized carbons (Fsp3) is 0.550. The molecule has 148 valence electrons. The molecule has 0 aliphatic carbocycles. The lowest BCUT2D eigenvalue weighted by atomic mass is 9.92. The minimum absolute atomic E-state index is 0.00229. The molecule has 0 saturated carbocycles. The summed E-state index contributed by atoms with van der Waals surface area (Å²) in [6, 6.07) is 6.43. The van der Waals surface area contributed by atoms with Crippen LogP contribution >= 0.6 is 0 Å². The first-order valence-corrected chi connectivity index (χ1v) is 9.75. The summed E-state index contributed by atoms with van der Waals surface area (Å²) in [6.45, 7) is 9.30. The van der Waals surface area contributed by atoms with Crippen molar-refractivity contribution in [3.05, 3.63) is 41.6 Å². The maximum Gasteiger partial charge on any atom is 0.316 e. The van der Waals surface area contributed by atoms with Gasteiger partial charge in [0.2, 0.25) is 0 Å². The molecule has 0 unspecified atom stereocenters. The molecular weight excluding hydrogens is 354 g/mol. The van der Waals surface area contributed by atoms with Gasteiger partial charge in [-0.3, -0.25) is 4.90 Å². The number of nitrogens with zero attached hydrogens (tertiary/aromatic N) is 7. The van der Waals surface area contributed by atoms with Gasteiger partial charge in [0.1, 0.15) is 0 Å². The highest BCUT2D eigenvalue weighted by Gasteiger charge is 2.26. The number of likely N-dealkylation sites (tertiary alicyclic amines) is 1. The van der Waals surface area contributed by atoms with Crippen molar-refractivity contribution in [3.8, 4) is 6.01 Å². The maximum atomic E-state index is 5.12. The Morgan fingerprint density at radius 3 is 2.61 bits per heavy atom. The first-order valence-electron chi connectivity index (χ1n) is 9.75. The van der Waals surface area contributed by atoms with E-state index in [-0.39, 0.29) is 5.41 Å². The Morgan fingerprint density at radius 2 is 1.89 bits per heavy atom. The van der Waals surface area contributed by atoms with E-state index in [2.05, 4.69) is 45.8 Å². The average molecular weight is 381 g/mol. The van der Waals surface area contributed by atoms with Crippen LogP contribution < -0.4 is 4.74 Å². The zero-order chi connectivity index (χ0) is 19.7. The molecule has 1 fully saturated rings. The third-order valence-electron chi connectivity index (χ3n) is 5.27. The highest BCUT2D eigenvalue weighted by Crippen LogP contribution is 2.28. The normalized spacial score (nSPS) is 16.6. The second-order valence-electron chi connectivity index (χ2n) is 8.38. The predicted octanol–water partition coefficient (Wildman–Crippen LogP) is 2.60. The lowest BCUT2D eigenvalue weighted by molar-refractivity contribution is 0.198. The Balaban J connectivity index is 1.46. The van der Waals surface area contributed by atoms with Crippen LogP contribution in [0.4, 0.5) is 0 Å². The highest BCUT2D eigenvalue weighted by molar-refractivity contribution is 5.37. The number of fused-ring (bicyclic) bond motifs is 1. The lowest BCUT2D eigenvalue weighted by Crippen LogP contribution is -2.33. The van der Waals surface area contributed by atoms with E-state index in [0.29, 0.717) is 11.9 Å². The molecule has 28 heavy (non-hydrogen) atoms. The van der Waals surface area contributed by atoms with Gasteiger partial charge < -0.3 is 4.74 Å². The summed E-state index contributed by atoms with van der Waals surface area (Å²) in [5.41, 5.74) is 2.85. The minimum Gasteiger partial charge on any atom is -0.467 e. The van der Waals surface area contributed by atoms with Crippen molar-refractivity contribution in [2.45, 2.75) is 51.5 Å². The van der Waals surface area contributed by atoms with Crippen LogP contribution in [0.3, 0.4) is 0 Å². The van der Waals surface area contributed by atoms with E-state index in [9.17, 15) is 0 Å². The highest BCUT2D eigenvalue weighted by atomic mass is 16.5. The molecule has 8 heteroatoms. The largest absolute Gasteiger partial charge is 0.467 e. The topological polar surface area (TPSA) is 81.3 Å². The van der Waals surface area contributed by atoms with Crippen molar-refractivity contribution >= 4 is 5.65 Å². The Hall–Kier alpha value is -2.61. The second-order valence-corrected chi connectivity index (χ2v) is 8.38. The van der Waals surface area contributed by atoms with Crippen molar-refractivity contribution < 1.29 is 4.74 Å². The zero-order valence-electron chi connectivity index (χ0n) is 17.0. The van der Waals surface area contributed by atoms with Crippen LogP contribution in [0.25, 0.3) is 5.65 Å². The van der Waals surface area contributed by atoms with Gasteiger partial charge in [0, 0.05) is 24.1 Å². The first-order chi connectivity index (χ1) is 13.4. The number of aromatic nitrogens is 6. The van der Waals surface area contributed by atoms with E-state index in [1.807, 2.05) is 22.7 Å². The van der Waals surface area contributed by atoms with Gasteiger partial charge in [-0.15, -0.1) is 10.2 Å². The minimum atomic E-state index is -0.00229. The number of ether oxygens (including phenoxy) is 1. The fourth-order valence-electron chi connectivity index (χ4n) is 3.60. The third kappa shape index (κ3) is 3.82. The average Bonchev–Trinajstić information content (AvgIpc) is 3.11. The number of hydrogen-bond acceptors (Lipinski definition) is 7. The van der Waals surface area contributed by atoms with E-state index in [1.165, 1.54) is 0 Å². The molecule has 0 radical (unpaired) electrons.